The normalized spacial score (nSPS) is 10.3. The van der Waals surface area contributed by atoms with E-state index in [-0.39, 0.29) is 12.2 Å². The Hall–Kier alpha value is -1.59. The van der Waals surface area contributed by atoms with Crippen LogP contribution < -0.4 is 4.74 Å². The Bertz CT molecular complexity index is 661. The zero-order valence-corrected chi connectivity index (χ0v) is 12.4. The standard InChI is InChI=1S/C14H9BrClFO3/c15-9-2-4-12(16)13(5-9)20-7-8-1-3-10(17)6-11(8)14(18)19/h1-6H,7H2,(H,18,19). The molecule has 0 aliphatic carbocycles. The first-order valence-corrected chi connectivity index (χ1v) is 6.74. The second-order valence-electron chi connectivity index (χ2n) is 3.97. The molecule has 0 aromatic heterocycles. The number of carboxylic acid groups (broad SMARTS) is 1. The third-order valence-corrected chi connectivity index (χ3v) is 3.38. The minimum Gasteiger partial charge on any atom is -0.487 e. The van der Waals surface area contributed by atoms with Gasteiger partial charge in [-0.15, -0.1) is 0 Å². The molecule has 6 heteroatoms. The molecule has 2 aromatic rings. The first kappa shape index (κ1) is 14.8. The molecule has 104 valence electrons. The summed E-state index contributed by atoms with van der Waals surface area (Å²) in [7, 11) is 0. The summed E-state index contributed by atoms with van der Waals surface area (Å²) in [5, 5.41) is 9.44. The molecule has 0 bridgehead atoms. The summed E-state index contributed by atoms with van der Waals surface area (Å²) < 4.78 is 19.3. The van der Waals surface area contributed by atoms with Crippen molar-refractivity contribution in [2.24, 2.45) is 0 Å². The number of benzene rings is 2. The topological polar surface area (TPSA) is 46.5 Å². The maximum Gasteiger partial charge on any atom is 0.336 e. The number of halogens is 3. The van der Waals surface area contributed by atoms with Crippen molar-refractivity contribution in [1.82, 2.24) is 0 Å². The predicted molar refractivity (Wildman–Crippen MR) is 76.8 cm³/mol. The zero-order chi connectivity index (χ0) is 14.7. The summed E-state index contributed by atoms with van der Waals surface area (Å²) in [6.45, 7) is -0.0158. The smallest absolute Gasteiger partial charge is 0.336 e. The van der Waals surface area contributed by atoms with Gasteiger partial charge in [0, 0.05) is 10.0 Å². The van der Waals surface area contributed by atoms with Crippen LogP contribution in [0.3, 0.4) is 0 Å². The van der Waals surface area contributed by atoms with E-state index in [9.17, 15) is 9.18 Å². The van der Waals surface area contributed by atoms with Gasteiger partial charge in [0.1, 0.15) is 18.2 Å². The molecule has 20 heavy (non-hydrogen) atoms. The Balaban J connectivity index is 2.23. The van der Waals surface area contributed by atoms with Crippen LogP contribution in [0.2, 0.25) is 5.02 Å². The Morgan fingerprint density at radius 1 is 1.30 bits per heavy atom. The largest absolute Gasteiger partial charge is 0.487 e. The highest BCUT2D eigenvalue weighted by Gasteiger charge is 2.12. The van der Waals surface area contributed by atoms with Crippen LogP contribution in [0, 0.1) is 5.82 Å². The molecule has 0 atom stereocenters. The number of rotatable bonds is 4. The molecular formula is C14H9BrClFO3. The van der Waals surface area contributed by atoms with Crippen molar-refractivity contribution in [1.29, 1.82) is 0 Å². The maximum absolute atomic E-state index is 13.1. The van der Waals surface area contributed by atoms with E-state index in [0.29, 0.717) is 16.3 Å². The van der Waals surface area contributed by atoms with Crippen molar-refractivity contribution >= 4 is 33.5 Å². The number of hydrogen-bond donors (Lipinski definition) is 1. The summed E-state index contributed by atoms with van der Waals surface area (Å²) >= 11 is 9.26. The van der Waals surface area contributed by atoms with Gasteiger partial charge in [0.05, 0.1) is 10.6 Å². The van der Waals surface area contributed by atoms with Gasteiger partial charge in [0.2, 0.25) is 0 Å². The van der Waals surface area contributed by atoms with Gasteiger partial charge in [-0.05, 0) is 30.3 Å². The van der Waals surface area contributed by atoms with Crippen molar-refractivity contribution in [3.63, 3.8) is 0 Å². The predicted octanol–water partition coefficient (Wildman–Crippen LogP) is 4.52. The summed E-state index contributed by atoms with van der Waals surface area (Å²) in [5.41, 5.74) is 0.242. The van der Waals surface area contributed by atoms with Crippen LogP contribution in [0.25, 0.3) is 0 Å². The summed E-state index contributed by atoms with van der Waals surface area (Å²) in [4.78, 5) is 11.1. The first-order valence-electron chi connectivity index (χ1n) is 5.57. The number of hydrogen-bond acceptors (Lipinski definition) is 2. The third kappa shape index (κ3) is 3.49. The molecule has 0 radical (unpaired) electrons. The van der Waals surface area contributed by atoms with E-state index in [4.69, 9.17) is 21.4 Å². The van der Waals surface area contributed by atoms with E-state index in [1.165, 1.54) is 12.1 Å². The van der Waals surface area contributed by atoms with E-state index in [1.54, 1.807) is 18.2 Å². The third-order valence-electron chi connectivity index (χ3n) is 2.58. The molecule has 2 aromatic carbocycles. The lowest BCUT2D eigenvalue weighted by atomic mass is 10.1. The number of ether oxygens (including phenoxy) is 1. The molecule has 0 fully saturated rings. The maximum atomic E-state index is 13.1. The molecule has 0 unspecified atom stereocenters. The monoisotopic (exact) mass is 358 g/mol. The molecule has 0 heterocycles. The molecule has 0 saturated heterocycles. The number of carbonyl (C=O) groups is 1. The molecular weight excluding hydrogens is 351 g/mol. The van der Waals surface area contributed by atoms with Gasteiger partial charge < -0.3 is 9.84 Å². The molecule has 0 aliphatic heterocycles. The summed E-state index contributed by atoms with van der Waals surface area (Å²) in [6, 6.07) is 8.62. The lowest BCUT2D eigenvalue weighted by molar-refractivity contribution is 0.0693. The van der Waals surface area contributed by atoms with Crippen LogP contribution in [0.1, 0.15) is 15.9 Å². The lowest BCUT2D eigenvalue weighted by Gasteiger charge is -2.10. The second kappa shape index (κ2) is 6.24. The SMILES string of the molecule is O=C(O)c1cc(F)ccc1COc1cc(Br)ccc1Cl. The van der Waals surface area contributed by atoms with E-state index < -0.39 is 11.8 Å². The fraction of sp³-hybridized carbons (Fsp3) is 0.0714. The van der Waals surface area contributed by atoms with Crippen LogP contribution in [-0.4, -0.2) is 11.1 Å². The van der Waals surface area contributed by atoms with E-state index in [2.05, 4.69) is 15.9 Å². The van der Waals surface area contributed by atoms with Crippen LogP contribution in [0.15, 0.2) is 40.9 Å². The highest BCUT2D eigenvalue weighted by atomic mass is 79.9. The molecule has 0 amide bonds. The highest BCUT2D eigenvalue weighted by Crippen LogP contribution is 2.29. The summed E-state index contributed by atoms with van der Waals surface area (Å²) in [6.07, 6.45) is 0. The van der Waals surface area contributed by atoms with Gasteiger partial charge in [-0.3, -0.25) is 0 Å². The Morgan fingerprint density at radius 2 is 2.05 bits per heavy atom. The van der Waals surface area contributed by atoms with Gasteiger partial charge >= 0.3 is 5.97 Å². The van der Waals surface area contributed by atoms with E-state index >= 15 is 0 Å². The summed E-state index contributed by atoms with van der Waals surface area (Å²) in [5.74, 6) is -1.39. The quantitative estimate of drug-likeness (QED) is 0.873. The van der Waals surface area contributed by atoms with Gasteiger partial charge in [0.15, 0.2) is 0 Å². The molecule has 0 aliphatic rings. The van der Waals surface area contributed by atoms with Crippen LogP contribution >= 0.6 is 27.5 Å². The second-order valence-corrected chi connectivity index (χ2v) is 5.29. The van der Waals surface area contributed by atoms with Gasteiger partial charge in [0.25, 0.3) is 0 Å². The Morgan fingerprint density at radius 3 is 2.75 bits per heavy atom. The molecule has 1 N–H and O–H groups in total. The zero-order valence-electron chi connectivity index (χ0n) is 10.1. The highest BCUT2D eigenvalue weighted by molar-refractivity contribution is 9.10. The van der Waals surface area contributed by atoms with Gasteiger partial charge in [-0.2, -0.15) is 0 Å². The minimum absolute atomic E-state index is 0.0158. The van der Waals surface area contributed by atoms with Gasteiger partial charge in [-0.25, -0.2) is 9.18 Å². The van der Waals surface area contributed by atoms with Crippen molar-refractivity contribution < 1.29 is 19.0 Å². The number of aromatic carboxylic acids is 1. The fourth-order valence-electron chi connectivity index (χ4n) is 1.62. The average molecular weight is 360 g/mol. The van der Waals surface area contributed by atoms with E-state index in [0.717, 1.165) is 10.5 Å². The molecule has 3 nitrogen and oxygen atoms in total. The van der Waals surface area contributed by atoms with Crippen molar-refractivity contribution in [2.75, 3.05) is 0 Å². The lowest BCUT2D eigenvalue weighted by Crippen LogP contribution is -2.06. The van der Waals surface area contributed by atoms with Crippen LogP contribution in [-0.2, 0) is 6.61 Å². The Labute approximate surface area is 128 Å². The molecule has 0 saturated carbocycles. The molecule has 0 spiro atoms. The van der Waals surface area contributed by atoms with Crippen LogP contribution in [0.4, 0.5) is 4.39 Å². The van der Waals surface area contributed by atoms with Crippen molar-refractivity contribution in [2.45, 2.75) is 6.61 Å². The average Bonchev–Trinajstić information content (AvgIpc) is 2.40. The van der Waals surface area contributed by atoms with Crippen LogP contribution in [0.5, 0.6) is 5.75 Å². The van der Waals surface area contributed by atoms with Crippen molar-refractivity contribution in [3.05, 3.63) is 62.8 Å². The van der Waals surface area contributed by atoms with E-state index in [1.807, 2.05) is 0 Å². The van der Waals surface area contributed by atoms with Crippen molar-refractivity contribution in [3.8, 4) is 5.75 Å². The first-order chi connectivity index (χ1) is 9.47. The fourth-order valence-corrected chi connectivity index (χ4v) is 2.13. The van der Waals surface area contributed by atoms with Gasteiger partial charge in [-0.1, -0.05) is 33.6 Å². The molecule has 2 rings (SSSR count). The minimum atomic E-state index is -1.21. The number of carboxylic acids is 1. The Kier molecular flexibility index (Phi) is 4.62.